The molecule has 0 aromatic carbocycles. The molecule has 11 nitrogen and oxygen atoms in total. The van der Waals surface area contributed by atoms with Gasteiger partial charge in [-0.3, -0.25) is 14.4 Å². The van der Waals surface area contributed by atoms with Crippen LogP contribution in [0.2, 0.25) is 0 Å². The minimum absolute atomic E-state index is 0.0214. The quantitative estimate of drug-likeness (QED) is 0.208. The van der Waals surface area contributed by atoms with Crippen molar-refractivity contribution in [3.63, 3.8) is 0 Å². The average molecular weight is 429 g/mol. The zero-order chi connectivity index (χ0) is 22.1. The van der Waals surface area contributed by atoms with Crippen molar-refractivity contribution in [2.24, 2.45) is 11.7 Å². The normalized spacial score (nSPS) is 15.1. The van der Waals surface area contributed by atoms with E-state index in [1.54, 1.807) is 13.8 Å². The number of aromatic amines is 1. The van der Waals surface area contributed by atoms with Gasteiger partial charge < -0.3 is 31.8 Å². The standard InChI is InChI=1S/C17H28N6O5S/c1-8(2)13(17(27)28)23-15(25)11(4-10-5-19-7-20-10)21-16(26)12(6-29)22-14(24)9(3)18/h5,7-9,11-13,29H,4,6,18H2,1-3H3,(H,19,20)(H,21,26)(H,22,24)(H,23,25)(H,27,28). The van der Waals surface area contributed by atoms with E-state index in [4.69, 9.17) is 5.73 Å². The van der Waals surface area contributed by atoms with Gasteiger partial charge in [0, 0.05) is 24.1 Å². The van der Waals surface area contributed by atoms with Crippen molar-refractivity contribution >= 4 is 36.3 Å². The number of aromatic nitrogens is 2. The van der Waals surface area contributed by atoms with Crippen LogP contribution in [0.25, 0.3) is 0 Å². The van der Waals surface area contributed by atoms with Crippen molar-refractivity contribution in [2.75, 3.05) is 5.75 Å². The number of imidazole rings is 1. The number of carbonyl (C=O) groups excluding carboxylic acids is 3. The molecule has 0 saturated heterocycles. The molecule has 3 amide bonds. The number of thiol groups is 1. The average Bonchev–Trinajstić information content (AvgIpc) is 3.15. The topological polar surface area (TPSA) is 179 Å². The van der Waals surface area contributed by atoms with Crippen LogP contribution in [-0.4, -0.2) is 68.7 Å². The van der Waals surface area contributed by atoms with Gasteiger partial charge in [0.1, 0.15) is 18.1 Å². The Morgan fingerprint density at radius 1 is 1.10 bits per heavy atom. The molecule has 4 unspecified atom stereocenters. The summed E-state index contributed by atoms with van der Waals surface area (Å²) in [5.41, 5.74) is 6.05. The smallest absolute Gasteiger partial charge is 0.326 e. The molecule has 0 aliphatic carbocycles. The number of rotatable bonds is 11. The van der Waals surface area contributed by atoms with Crippen molar-refractivity contribution in [1.82, 2.24) is 25.9 Å². The van der Waals surface area contributed by atoms with Gasteiger partial charge in [-0.1, -0.05) is 13.8 Å². The van der Waals surface area contributed by atoms with Gasteiger partial charge in [0.15, 0.2) is 0 Å². The van der Waals surface area contributed by atoms with Gasteiger partial charge in [-0.25, -0.2) is 9.78 Å². The molecule has 1 rings (SSSR count). The van der Waals surface area contributed by atoms with E-state index in [2.05, 4.69) is 38.5 Å². The third-order valence-electron chi connectivity index (χ3n) is 4.07. The van der Waals surface area contributed by atoms with E-state index in [9.17, 15) is 24.3 Å². The van der Waals surface area contributed by atoms with Crippen molar-refractivity contribution in [3.05, 3.63) is 18.2 Å². The highest BCUT2D eigenvalue weighted by Crippen LogP contribution is 2.05. The van der Waals surface area contributed by atoms with E-state index in [0.717, 1.165) is 0 Å². The highest BCUT2D eigenvalue weighted by atomic mass is 32.1. The Morgan fingerprint density at radius 3 is 2.14 bits per heavy atom. The molecule has 1 heterocycles. The second-order valence-corrected chi connectivity index (χ2v) is 7.31. The number of carboxylic acid groups (broad SMARTS) is 1. The van der Waals surface area contributed by atoms with Crippen molar-refractivity contribution < 1.29 is 24.3 Å². The number of hydrogen-bond donors (Lipinski definition) is 7. The molecular weight excluding hydrogens is 400 g/mol. The molecule has 162 valence electrons. The lowest BCUT2D eigenvalue weighted by Gasteiger charge is -2.25. The Hall–Kier alpha value is -2.60. The van der Waals surface area contributed by atoms with Crippen LogP contribution in [0.1, 0.15) is 26.5 Å². The summed E-state index contributed by atoms with van der Waals surface area (Å²) in [6.07, 6.45) is 2.94. The molecule has 4 atom stereocenters. The van der Waals surface area contributed by atoms with E-state index in [1.807, 2.05) is 0 Å². The first-order valence-electron chi connectivity index (χ1n) is 9.04. The van der Waals surface area contributed by atoms with Gasteiger partial charge in [-0.05, 0) is 12.8 Å². The maximum Gasteiger partial charge on any atom is 0.326 e. The molecule has 7 N–H and O–H groups in total. The first-order chi connectivity index (χ1) is 13.6. The molecule has 0 saturated carbocycles. The minimum atomic E-state index is -1.18. The number of amides is 3. The van der Waals surface area contributed by atoms with Gasteiger partial charge in [0.2, 0.25) is 17.7 Å². The summed E-state index contributed by atoms with van der Waals surface area (Å²) < 4.78 is 0. The highest BCUT2D eigenvalue weighted by Gasteiger charge is 2.31. The summed E-state index contributed by atoms with van der Waals surface area (Å²) in [6, 6.07) is -4.06. The van der Waals surface area contributed by atoms with Crippen molar-refractivity contribution in [3.8, 4) is 0 Å². The Balaban J connectivity index is 2.96. The van der Waals surface area contributed by atoms with Crippen LogP contribution >= 0.6 is 12.6 Å². The zero-order valence-corrected chi connectivity index (χ0v) is 17.4. The molecule has 1 aromatic rings. The lowest BCUT2D eigenvalue weighted by molar-refractivity contribution is -0.143. The van der Waals surface area contributed by atoms with E-state index in [-0.39, 0.29) is 18.1 Å². The molecule has 0 bridgehead atoms. The lowest BCUT2D eigenvalue weighted by atomic mass is 10.0. The Morgan fingerprint density at radius 2 is 1.69 bits per heavy atom. The molecule has 0 aliphatic heterocycles. The minimum Gasteiger partial charge on any atom is -0.480 e. The fraction of sp³-hybridized carbons (Fsp3) is 0.588. The fourth-order valence-electron chi connectivity index (χ4n) is 2.36. The Bertz CT molecular complexity index is 709. The van der Waals surface area contributed by atoms with Crippen molar-refractivity contribution in [2.45, 2.75) is 51.4 Å². The van der Waals surface area contributed by atoms with Crippen LogP contribution in [0.3, 0.4) is 0 Å². The van der Waals surface area contributed by atoms with Crippen LogP contribution in [0.15, 0.2) is 12.5 Å². The monoisotopic (exact) mass is 428 g/mol. The zero-order valence-electron chi connectivity index (χ0n) is 16.5. The van der Waals surface area contributed by atoms with E-state index >= 15 is 0 Å². The van der Waals surface area contributed by atoms with Gasteiger partial charge in [0.25, 0.3) is 0 Å². The van der Waals surface area contributed by atoms with Gasteiger partial charge in [-0.2, -0.15) is 12.6 Å². The molecule has 0 fully saturated rings. The molecule has 0 radical (unpaired) electrons. The van der Waals surface area contributed by atoms with Crippen LogP contribution in [-0.2, 0) is 25.6 Å². The third-order valence-corrected chi connectivity index (χ3v) is 4.44. The predicted octanol–water partition coefficient (Wildman–Crippen LogP) is -1.58. The van der Waals surface area contributed by atoms with Crippen LogP contribution in [0.5, 0.6) is 0 Å². The Kier molecular flexibility index (Phi) is 9.62. The molecule has 0 aliphatic rings. The van der Waals surface area contributed by atoms with Gasteiger partial charge >= 0.3 is 5.97 Å². The van der Waals surface area contributed by atoms with Crippen LogP contribution < -0.4 is 21.7 Å². The summed E-state index contributed by atoms with van der Waals surface area (Å²) in [4.78, 5) is 55.2. The summed E-state index contributed by atoms with van der Waals surface area (Å²) in [6.45, 7) is 4.78. The predicted molar refractivity (Wildman–Crippen MR) is 108 cm³/mol. The number of carboxylic acids is 1. The molecular formula is C17H28N6O5S. The molecule has 29 heavy (non-hydrogen) atoms. The second-order valence-electron chi connectivity index (χ2n) is 6.94. The first kappa shape index (κ1) is 24.4. The van der Waals surface area contributed by atoms with Gasteiger partial charge in [0.05, 0.1) is 12.4 Å². The first-order valence-corrected chi connectivity index (χ1v) is 9.67. The number of carbonyl (C=O) groups is 4. The lowest BCUT2D eigenvalue weighted by Crippen LogP contribution is -2.58. The number of nitrogens with zero attached hydrogens (tertiary/aromatic N) is 1. The van der Waals surface area contributed by atoms with Gasteiger partial charge in [-0.15, -0.1) is 0 Å². The molecule has 0 spiro atoms. The maximum absolute atomic E-state index is 12.7. The molecule has 1 aromatic heterocycles. The van der Waals surface area contributed by atoms with Crippen molar-refractivity contribution in [1.29, 1.82) is 0 Å². The highest BCUT2D eigenvalue weighted by molar-refractivity contribution is 7.80. The van der Waals surface area contributed by atoms with Crippen LogP contribution in [0, 0.1) is 5.92 Å². The third kappa shape index (κ3) is 7.74. The largest absolute Gasteiger partial charge is 0.480 e. The summed E-state index contributed by atoms with van der Waals surface area (Å²) in [5, 5.41) is 16.7. The van der Waals surface area contributed by atoms with E-state index < -0.39 is 47.9 Å². The summed E-state index contributed by atoms with van der Waals surface area (Å²) >= 11 is 4.06. The van der Waals surface area contributed by atoms with Crippen LogP contribution in [0.4, 0.5) is 0 Å². The SMILES string of the molecule is CC(N)C(=O)NC(CS)C(=O)NC(Cc1cnc[nH]1)C(=O)NC(C(=O)O)C(C)C. The van der Waals surface area contributed by atoms with E-state index in [0.29, 0.717) is 5.69 Å². The number of hydrogen-bond acceptors (Lipinski definition) is 7. The fourth-order valence-corrected chi connectivity index (χ4v) is 2.62. The molecule has 12 heteroatoms. The number of nitrogens with two attached hydrogens (primary N) is 1. The summed E-state index contributed by atoms with van der Waals surface area (Å²) in [7, 11) is 0. The Labute approximate surface area is 174 Å². The maximum atomic E-state index is 12.7. The number of nitrogens with one attached hydrogen (secondary N) is 4. The second kappa shape index (κ2) is 11.4. The summed E-state index contributed by atoms with van der Waals surface area (Å²) in [5.74, 6) is -3.44. The van der Waals surface area contributed by atoms with E-state index in [1.165, 1.54) is 19.4 Å². The number of aliphatic carboxylic acids is 1. The number of H-pyrrole nitrogens is 1.